The molecule has 2 nitrogen and oxygen atoms in total. The van der Waals surface area contributed by atoms with Crippen molar-refractivity contribution in [2.45, 2.75) is 6.92 Å². The second kappa shape index (κ2) is 5.08. The molecule has 0 bridgehead atoms. The minimum Gasteiger partial charge on any atom is -0.457 e. The zero-order chi connectivity index (χ0) is 13.1. The van der Waals surface area contributed by atoms with Crippen LogP contribution in [0.5, 0.6) is 11.5 Å². The summed E-state index contributed by atoms with van der Waals surface area (Å²) < 4.78 is 18.5. The van der Waals surface area contributed by atoms with Gasteiger partial charge < -0.3 is 9.64 Å². The van der Waals surface area contributed by atoms with Crippen molar-refractivity contribution in [3.8, 4) is 11.5 Å². The first-order valence-corrected chi connectivity index (χ1v) is 5.77. The van der Waals surface area contributed by atoms with Crippen molar-refractivity contribution in [3.05, 3.63) is 53.8 Å². The second-order valence-electron chi connectivity index (χ2n) is 4.40. The van der Waals surface area contributed by atoms with Gasteiger partial charge in [0.05, 0.1) is 0 Å². The summed E-state index contributed by atoms with van der Waals surface area (Å²) in [7, 11) is 3.99. The van der Waals surface area contributed by atoms with Gasteiger partial charge in [-0.3, -0.25) is 0 Å². The van der Waals surface area contributed by atoms with Gasteiger partial charge in [0.15, 0.2) is 0 Å². The van der Waals surface area contributed by atoms with Crippen LogP contribution in [0.25, 0.3) is 0 Å². The zero-order valence-electron chi connectivity index (χ0n) is 10.8. The Morgan fingerprint density at radius 3 is 2.22 bits per heavy atom. The first-order valence-electron chi connectivity index (χ1n) is 5.77. The van der Waals surface area contributed by atoms with Crippen LogP contribution in [0.1, 0.15) is 5.56 Å². The maximum Gasteiger partial charge on any atom is 0.130 e. The monoisotopic (exact) mass is 245 g/mol. The van der Waals surface area contributed by atoms with Crippen molar-refractivity contribution in [1.29, 1.82) is 0 Å². The molecule has 0 N–H and O–H groups in total. The van der Waals surface area contributed by atoms with E-state index in [2.05, 4.69) is 6.07 Å². The second-order valence-corrected chi connectivity index (χ2v) is 4.40. The van der Waals surface area contributed by atoms with E-state index in [0.717, 1.165) is 17.0 Å². The highest BCUT2D eigenvalue weighted by molar-refractivity contribution is 5.52. The van der Waals surface area contributed by atoms with Crippen molar-refractivity contribution < 1.29 is 9.13 Å². The molecule has 0 saturated carbocycles. The third-order valence-corrected chi connectivity index (χ3v) is 2.72. The van der Waals surface area contributed by atoms with E-state index in [4.69, 9.17) is 4.74 Å². The number of nitrogens with zero attached hydrogens (tertiary/aromatic N) is 1. The van der Waals surface area contributed by atoms with Crippen LogP contribution in [0.2, 0.25) is 0 Å². The van der Waals surface area contributed by atoms with Gasteiger partial charge in [-0.05, 0) is 55.0 Å². The lowest BCUT2D eigenvalue weighted by Gasteiger charge is -2.15. The Kier molecular flexibility index (Phi) is 3.51. The molecule has 2 aromatic rings. The average Bonchev–Trinajstić information content (AvgIpc) is 2.34. The zero-order valence-corrected chi connectivity index (χ0v) is 10.8. The predicted molar refractivity (Wildman–Crippen MR) is 72.0 cm³/mol. The molecule has 3 heteroatoms. The minimum absolute atomic E-state index is 0.262. The Hall–Kier alpha value is -2.03. The highest BCUT2D eigenvalue weighted by Gasteiger charge is 2.04. The first-order chi connectivity index (χ1) is 8.56. The molecule has 0 aliphatic carbocycles. The van der Waals surface area contributed by atoms with Crippen LogP contribution in [0.4, 0.5) is 10.1 Å². The van der Waals surface area contributed by atoms with E-state index in [0.29, 0.717) is 5.75 Å². The summed E-state index contributed by atoms with van der Waals surface area (Å²) in [5.74, 6) is 1.16. The third kappa shape index (κ3) is 2.80. The number of rotatable bonds is 3. The topological polar surface area (TPSA) is 12.5 Å². The van der Waals surface area contributed by atoms with Crippen molar-refractivity contribution in [2.75, 3.05) is 19.0 Å². The van der Waals surface area contributed by atoms with Gasteiger partial charge in [-0.25, -0.2) is 4.39 Å². The molecule has 18 heavy (non-hydrogen) atoms. The van der Waals surface area contributed by atoms with Crippen molar-refractivity contribution in [1.82, 2.24) is 0 Å². The molecular formula is C15H16FNO. The van der Waals surface area contributed by atoms with E-state index >= 15 is 0 Å². The molecule has 2 rings (SSSR count). The predicted octanol–water partition coefficient (Wildman–Crippen LogP) is 3.99. The molecule has 0 unspecified atom stereocenters. The molecule has 0 amide bonds. The molecule has 0 atom stereocenters. The molecule has 2 aromatic carbocycles. The number of ether oxygens (including phenoxy) is 1. The van der Waals surface area contributed by atoms with Crippen molar-refractivity contribution in [2.24, 2.45) is 0 Å². The molecule has 0 fully saturated rings. The van der Waals surface area contributed by atoms with Crippen LogP contribution in [0.3, 0.4) is 0 Å². The summed E-state index contributed by atoms with van der Waals surface area (Å²) in [5.41, 5.74) is 2.17. The number of hydrogen-bond donors (Lipinski definition) is 0. The summed E-state index contributed by atoms with van der Waals surface area (Å²) in [5, 5.41) is 0. The molecule has 0 saturated heterocycles. The smallest absolute Gasteiger partial charge is 0.130 e. The highest BCUT2D eigenvalue weighted by Crippen LogP contribution is 2.28. The van der Waals surface area contributed by atoms with Crippen LogP contribution >= 0.6 is 0 Å². The molecule has 0 aromatic heterocycles. The summed E-state index contributed by atoms with van der Waals surface area (Å²) >= 11 is 0. The molecule has 0 aliphatic heterocycles. The van der Waals surface area contributed by atoms with Crippen LogP contribution in [0.15, 0.2) is 42.5 Å². The van der Waals surface area contributed by atoms with E-state index in [1.54, 1.807) is 12.1 Å². The lowest BCUT2D eigenvalue weighted by atomic mass is 10.2. The Morgan fingerprint density at radius 1 is 1.00 bits per heavy atom. The van der Waals surface area contributed by atoms with E-state index in [1.165, 1.54) is 12.1 Å². The maximum absolute atomic E-state index is 12.8. The van der Waals surface area contributed by atoms with E-state index in [9.17, 15) is 4.39 Å². The number of benzene rings is 2. The van der Waals surface area contributed by atoms with Gasteiger partial charge >= 0.3 is 0 Å². The lowest BCUT2D eigenvalue weighted by molar-refractivity contribution is 0.477. The Morgan fingerprint density at radius 2 is 1.67 bits per heavy atom. The number of anilines is 1. The van der Waals surface area contributed by atoms with Gasteiger partial charge in [0.1, 0.15) is 17.3 Å². The fraction of sp³-hybridized carbons (Fsp3) is 0.200. The molecule has 0 radical (unpaired) electrons. The number of hydrogen-bond acceptors (Lipinski definition) is 2. The van der Waals surface area contributed by atoms with E-state index < -0.39 is 0 Å². The van der Waals surface area contributed by atoms with Gasteiger partial charge in [0.2, 0.25) is 0 Å². The summed E-state index contributed by atoms with van der Waals surface area (Å²) in [6, 6.07) is 12.0. The molecule has 0 spiro atoms. The van der Waals surface area contributed by atoms with Gasteiger partial charge in [-0.1, -0.05) is 0 Å². The first kappa shape index (κ1) is 12.4. The SMILES string of the molecule is Cc1cc(N(C)C)ccc1Oc1ccc(F)cc1. The van der Waals surface area contributed by atoms with Crippen LogP contribution in [0, 0.1) is 12.7 Å². The largest absolute Gasteiger partial charge is 0.457 e. The Bertz CT molecular complexity index is 535. The highest BCUT2D eigenvalue weighted by atomic mass is 19.1. The molecule has 94 valence electrons. The number of aryl methyl sites for hydroxylation is 1. The quantitative estimate of drug-likeness (QED) is 0.810. The minimum atomic E-state index is -0.262. The normalized spacial score (nSPS) is 10.2. The van der Waals surface area contributed by atoms with E-state index in [1.807, 2.05) is 38.1 Å². The van der Waals surface area contributed by atoms with Gasteiger partial charge in [0, 0.05) is 19.8 Å². The fourth-order valence-corrected chi connectivity index (χ4v) is 1.66. The van der Waals surface area contributed by atoms with Crippen molar-refractivity contribution in [3.63, 3.8) is 0 Å². The standard InChI is InChI=1S/C15H16FNO/c1-11-10-13(17(2)3)6-9-15(11)18-14-7-4-12(16)5-8-14/h4-10H,1-3H3. The molecule has 0 heterocycles. The fourth-order valence-electron chi connectivity index (χ4n) is 1.66. The average molecular weight is 245 g/mol. The third-order valence-electron chi connectivity index (χ3n) is 2.72. The van der Waals surface area contributed by atoms with Crippen LogP contribution in [-0.2, 0) is 0 Å². The van der Waals surface area contributed by atoms with E-state index in [-0.39, 0.29) is 5.82 Å². The Labute approximate surface area is 107 Å². The lowest BCUT2D eigenvalue weighted by Crippen LogP contribution is -2.08. The summed E-state index contributed by atoms with van der Waals surface area (Å²) in [6.45, 7) is 1.99. The van der Waals surface area contributed by atoms with Crippen LogP contribution < -0.4 is 9.64 Å². The summed E-state index contributed by atoms with van der Waals surface area (Å²) in [6.07, 6.45) is 0. The molecule has 0 aliphatic rings. The molecular weight excluding hydrogens is 229 g/mol. The Balaban J connectivity index is 2.22. The van der Waals surface area contributed by atoms with Gasteiger partial charge in [0.25, 0.3) is 0 Å². The number of halogens is 1. The van der Waals surface area contributed by atoms with Crippen LogP contribution in [-0.4, -0.2) is 14.1 Å². The van der Waals surface area contributed by atoms with Crippen molar-refractivity contribution >= 4 is 5.69 Å². The summed E-state index contributed by atoms with van der Waals surface area (Å²) in [4.78, 5) is 2.04. The van der Waals surface area contributed by atoms with Gasteiger partial charge in [-0.15, -0.1) is 0 Å². The maximum atomic E-state index is 12.8. The van der Waals surface area contributed by atoms with Gasteiger partial charge in [-0.2, -0.15) is 0 Å².